The van der Waals surface area contributed by atoms with Gasteiger partial charge >= 0.3 is 29.6 Å². The molecule has 0 spiro atoms. The number of rotatable bonds is 10. The number of carbonyl (C=O) groups is 2. The fourth-order valence-electron chi connectivity index (χ4n) is 4.52. The van der Waals surface area contributed by atoms with Crippen molar-refractivity contribution in [3.63, 3.8) is 0 Å². The van der Waals surface area contributed by atoms with Crippen molar-refractivity contribution >= 4 is 80.1 Å². The van der Waals surface area contributed by atoms with Crippen LogP contribution in [0.5, 0.6) is 5.75 Å². The van der Waals surface area contributed by atoms with E-state index in [2.05, 4.69) is 30.6 Å². The SMILES string of the molecule is Cc1ccc(S(=O)(=O)NC(=O)Cc2ccc(NC3=NC(=O)/C(=C\c4ccc(-n5cnnn5)c(OCc5ccccc5)c4)S3)cc2)cc1.[NaH]. The number of nitrogens with zero attached hydrogens (tertiary/aromatic N) is 5. The average Bonchev–Trinajstić information content (AvgIpc) is 3.71. The van der Waals surface area contributed by atoms with Gasteiger partial charge in [-0.3, -0.25) is 9.59 Å². The number of amidine groups is 1. The summed E-state index contributed by atoms with van der Waals surface area (Å²) in [6.45, 7) is 2.18. The monoisotopic (exact) mass is 689 g/mol. The molecule has 1 aliphatic heterocycles. The molecule has 1 aromatic heterocycles. The molecule has 0 radical (unpaired) electrons. The number of sulfonamides is 1. The number of hydrogen-bond donors (Lipinski definition) is 2. The van der Waals surface area contributed by atoms with Gasteiger partial charge in [0.1, 0.15) is 24.4 Å². The number of hydrogen-bond acceptors (Lipinski definition) is 10. The zero-order chi connectivity index (χ0) is 32.8. The molecule has 5 aromatic rings. The molecule has 0 bridgehead atoms. The Morgan fingerprint density at radius 2 is 1.71 bits per heavy atom. The molecule has 2 amide bonds. The number of thioether (sulfide) groups is 1. The number of carbonyl (C=O) groups excluding carboxylic acids is 2. The Balaban J connectivity index is 0.00000451. The third-order valence-electron chi connectivity index (χ3n) is 6.88. The molecule has 0 fully saturated rings. The van der Waals surface area contributed by atoms with E-state index in [1.807, 2.05) is 55.5 Å². The van der Waals surface area contributed by atoms with Gasteiger partial charge in [0.15, 0.2) is 5.17 Å². The van der Waals surface area contributed by atoms with Crippen LogP contribution in [0.25, 0.3) is 11.8 Å². The second-order valence-electron chi connectivity index (χ2n) is 10.4. The molecule has 15 heteroatoms. The molecule has 48 heavy (non-hydrogen) atoms. The standard InChI is InChI=1S/C33H27N7O5S2.Na.H/c1-22-7-14-27(15-8-22)47(43,44)37-31(41)19-23-9-12-26(13-10-23)35-33-36-32(42)30(46-33)18-25-11-16-28(40-21-34-38-39-40)29(17-25)45-20-24-5-3-2-4-6-24;;/h2-18,21H,19-20H2,1H3,(H,37,41)(H,35,36,42);;/b30-18+;;. The van der Waals surface area contributed by atoms with Gasteiger partial charge in [0.05, 0.1) is 16.2 Å². The Morgan fingerprint density at radius 3 is 2.42 bits per heavy atom. The molecule has 2 heterocycles. The van der Waals surface area contributed by atoms with E-state index < -0.39 is 21.8 Å². The summed E-state index contributed by atoms with van der Waals surface area (Å²) in [5.74, 6) is -0.509. The minimum atomic E-state index is -3.97. The van der Waals surface area contributed by atoms with Gasteiger partial charge in [0, 0.05) is 5.69 Å². The molecular weight excluding hydrogens is 662 g/mol. The number of amides is 2. The second kappa shape index (κ2) is 15.5. The van der Waals surface area contributed by atoms with Gasteiger partial charge < -0.3 is 10.1 Å². The molecule has 238 valence electrons. The molecule has 1 aliphatic rings. The van der Waals surface area contributed by atoms with Gasteiger partial charge in [-0.25, -0.2) is 13.1 Å². The van der Waals surface area contributed by atoms with Crippen LogP contribution in [0.2, 0.25) is 0 Å². The fourth-order valence-corrected chi connectivity index (χ4v) is 6.34. The Kier molecular flexibility index (Phi) is 11.2. The summed E-state index contributed by atoms with van der Waals surface area (Å²) in [6.07, 6.45) is 3.08. The summed E-state index contributed by atoms with van der Waals surface area (Å²) in [6, 6.07) is 28.3. The van der Waals surface area contributed by atoms with Crippen molar-refractivity contribution < 1.29 is 22.7 Å². The number of ether oxygens (including phenoxy) is 1. The molecule has 12 nitrogen and oxygen atoms in total. The summed E-state index contributed by atoms with van der Waals surface area (Å²) in [7, 11) is -3.97. The number of aliphatic imine (C=N–C) groups is 1. The van der Waals surface area contributed by atoms with E-state index in [0.717, 1.165) is 16.7 Å². The first kappa shape index (κ1) is 34.7. The summed E-state index contributed by atoms with van der Waals surface area (Å²) >= 11 is 1.19. The van der Waals surface area contributed by atoms with Crippen molar-refractivity contribution in [2.75, 3.05) is 5.32 Å². The summed E-state index contributed by atoms with van der Waals surface area (Å²) in [5.41, 5.74) is 4.53. The van der Waals surface area contributed by atoms with Gasteiger partial charge in [-0.2, -0.15) is 9.67 Å². The number of aryl methyl sites for hydroxylation is 1. The van der Waals surface area contributed by atoms with E-state index in [4.69, 9.17) is 4.74 Å². The molecule has 0 saturated carbocycles. The third-order valence-corrected chi connectivity index (χ3v) is 9.17. The molecule has 2 N–H and O–H groups in total. The Hall–Kier alpha value is -4.60. The van der Waals surface area contributed by atoms with Gasteiger partial charge in [-0.1, -0.05) is 66.2 Å². The minimum absolute atomic E-state index is 0. The van der Waals surface area contributed by atoms with Crippen LogP contribution in [0.4, 0.5) is 5.69 Å². The number of tetrazole rings is 1. The Morgan fingerprint density at radius 1 is 0.958 bits per heavy atom. The summed E-state index contributed by atoms with van der Waals surface area (Å²) < 4.78 is 34.8. The molecule has 0 unspecified atom stereocenters. The van der Waals surface area contributed by atoms with E-state index in [0.29, 0.717) is 39.4 Å². The van der Waals surface area contributed by atoms with Crippen LogP contribution in [0.15, 0.2) is 118 Å². The van der Waals surface area contributed by atoms with Crippen LogP contribution in [0, 0.1) is 6.92 Å². The van der Waals surface area contributed by atoms with Gasteiger partial charge in [-0.05, 0) is 88.3 Å². The molecule has 0 saturated heterocycles. The molecule has 4 aromatic carbocycles. The molecule has 6 rings (SSSR count). The second-order valence-corrected chi connectivity index (χ2v) is 13.1. The van der Waals surface area contributed by atoms with E-state index in [-0.39, 0.29) is 40.9 Å². The quantitative estimate of drug-likeness (QED) is 0.162. The average molecular weight is 690 g/mol. The van der Waals surface area contributed by atoms with Crippen molar-refractivity contribution in [3.05, 3.63) is 131 Å². The molecule has 0 atom stereocenters. The van der Waals surface area contributed by atoms with Crippen molar-refractivity contribution in [1.29, 1.82) is 0 Å². The molecular formula is C33H28N7NaO5S2. The van der Waals surface area contributed by atoms with Crippen molar-refractivity contribution in [2.24, 2.45) is 4.99 Å². The first-order valence-corrected chi connectivity index (χ1v) is 16.6. The first-order chi connectivity index (χ1) is 22.7. The van der Waals surface area contributed by atoms with Crippen LogP contribution in [-0.4, -0.2) is 75.2 Å². The topological polar surface area (TPSA) is 158 Å². The van der Waals surface area contributed by atoms with Crippen LogP contribution in [-0.2, 0) is 32.6 Å². The number of anilines is 1. The number of aromatic nitrogens is 4. The first-order valence-electron chi connectivity index (χ1n) is 14.3. The van der Waals surface area contributed by atoms with E-state index in [9.17, 15) is 18.0 Å². The number of benzene rings is 4. The maximum atomic E-state index is 12.8. The Bertz CT molecular complexity index is 2090. The van der Waals surface area contributed by atoms with Gasteiger partial charge in [-0.15, -0.1) is 5.10 Å². The fraction of sp³-hybridized carbons (Fsp3) is 0.0909. The van der Waals surface area contributed by atoms with Crippen LogP contribution in [0.3, 0.4) is 0 Å². The normalized spacial score (nSPS) is 13.5. The predicted molar refractivity (Wildman–Crippen MR) is 185 cm³/mol. The molecule has 0 aliphatic carbocycles. The van der Waals surface area contributed by atoms with E-state index in [1.165, 1.54) is 34.9 Å². The van der Waals surface area contributed by atoms with Crippen LogP contribution in [0.1, 0.15) is 22.3 Å². The van der Waals surface area contributed by atoms with Gasteiger partial charge in [0.2, 0.25) is 5.91 Å². The Labute approximate surface area is 303 Å². The van der Waals surface area contributed by atoms with Crippen molar-refractivity contribution in [3.8, 4) is 11.4 Å². The summed E-state index contributed by atoms with van der Waals surface area (Å²) in [4.78, 5) is 29.8. The van der Waals surface area contributed by atoms with Crippen LogP contribution < -0.4 is 14.8 Å². The zero-order valence-corrected chi connectivity index (χ0v) is 26.5. The van der Waals surface area contributed by atoms with E-state index in [1.54, 1.807) is 42.5 Å². The van der Waals surface area contributed by atoms with E-state index >= 15 is 0 Å². The van der Waals surface area contributed by atoms with Crippen molar-refractivity contribution in [2.45, 2.75) is 24.8 Å². The van der Waals surface area contributed by atoms with Crippen LogP contribution >= 0.6 is 11.8 Å². The maximum absolute atomic E-state index is 12.8. The predicted octanol–water partition coefficient (Wildman–Crippen LogP) is 4.03. The summed E-state index contributed by atoms with van der Waals surface area (Å²) in [5, 5.41) is 14.9. The zero-order valence-electron chi connectivity index (χ0n) is 24.9. The third kappa shape index (κ3) is 8.85. The number of nitrogens with one attached hydrogen (secondary N) is 2. The van der Waals surface area contributed by atoms with Gasteiger partial charge in [0.25, 0.3) is 15.9 Å². The van der Waals surface area contributed by atoms with Crippen molar-refractivity contribution in [1.82, 2.24) is 24.9 Å².